The third-order valence-corrected chi connectivity index (χ3v) is 7.04. The minimum atomic E-state index is -4.08. The molecular formula is C26H30N2O4S. The molecule has 1 amide bonds. The number of hydrogen-bond donors (Lipinski definition) is 1. The van der Waals surface area contributed by atoms with Gasteiger partial charge in [0.05, 0.1) is 12.8 Å². The molecule has 0 spiro atoms. The fourth-order valence-corrected chi connectivity index (χ4v) is 5.34. The number of anilines is 1. The van der Waals surface area contributed by atoms with Gasteiger partial charge in [0, 0.05) is 6.54 Å². The molecule has 0 fully saturated rings. The molecule has 174 valence electrons. The van der Waals surface area contributed by atoms with Gasteiger partial charge in [-0.25, -0.2) is 8.42 Å². The van der Waals surface area contributed by atoms with Crippen molar-refractivity contribution in [1.82, 2.24) is 5.32 Å². The number of rotatable bonds is 9. The lowest BCUT2D eigenvalue weighted by molar-refractivity contribution is -0.119. The van der Waals surface area contributed by atoms with Gasteiger partial charge >= 0.3 is 0 Å². The van der Waals surface area contributed by atoms with Gasteiger partial charge in [-0.3, -0.25) is 9.10 Å². The van der Waals surface area contributed by atoms with E-state index < -0.39 is 10.0 Å². The molecule has 33 heavy (non-hydrogen) atoms. The Labute approximate surface area is 196 Å². The van der Waals surface area contributed by atoms with Crippen molar-refractivity contribution in [1.29, 1.82) is 0 Å². The van der Waals surface area contributed by atoms with Crippen molar-refractivity contribution in [2.45, 2.75) is 32.1 Å². The van der Waals surface area contributed by atoms with Crippen LogP contribution in [0.15, 0.2) is 71.6 Å². The van der Waals surface area contributed by atoms with Gasteiger partial charge in [0.2, 0.25) is 5.91 Å². The summed E-state index contributed by atoms with van der Waals surface area (Å²) in [4.78, 5) is 12.9. The van der Waals surface area contributed by atoms with Crippen LogP contribution in [-0.2, 0) is 21.2 Å². The van der Waals surface area contributed by atoms with Crippen molar-refractivity contribution >= 4 is 21.6 Å². The predicted octanol–water partition coefficient (Wildman–Crippen LogP) is 4.17. The number of nitrogens with one attached hydrogen (secondary N) is 1. The van der Waals surface area contributed by atoms with E-state index in [1.54, 1.807) is 30.3 Å². The third kappa shape index (κ3) is 6.14. The molecule has 0 radical (unpaired) electrons. The zero-order chi connectivity index (χ0) is 24.0. The standard InChI is InChI=1S/C26H30N2O4S/c1-19-10-11-24(32-4)25(17-19)33(30,31)28(23-15-20(2)14-21(3)16-23)18-26(29)27-13-12-22-8-6-5-7-9-22/h5-11,14-17H,12-13,18H2,1-4H3,(H,27,29). The predicted molar refractivity (Wildman–Crippen MR) is 131 cm³/mol. The van der Waals surface area contributed by atoms with Gasteiger partial charge in [-0.2, -0.15) is 0 Å². The van der Waals surface area contributed by atoms with Crippen LogP contribution in [0.25, 0.3) is 0 Å². The number of carbonyl (C=O) groups is 1. The Morgan fingerprint density at radius 1 is 0.909 bits per heavy atom. The highest BCUT2D eigenvalue weighted by atomic mass is 32.2. The maximum absolute atomic E-state index is 13.8. The van der Waals surface area contributed by atoms with E-state index in [9.17, 15) is 13.2 Å². The van der Waals surface area contributed by atoms with Crippen LogP contribution >= 0.6 is 0 Å². The van der Waals surface area contributed by atoms with Gasteiger partial charge in [0.15, 0.2) is 0 Å². The number of benzene rings is 3. The Hall–Kier alpha value is -3.32. The second kappa shape index (κ2) is 10.5. The highest BCUT2D eigenvalue weighted by Gasteiger charge is 2.30. The summed E-state index contributed by atoms with van der Waals surface area (Å²) in [6, 6.07) is 20.3. The molecule has 3 aromatic carbocycles. The van der Waals surface area contributed by atoms with E-state index in [1.807, 2.05) is 57.2 Å². The van der Waals surface area contributed by atoms with E-state index in [1.165, 1.54) is 7.11 Å². The molecule has 3 rings (SSSR count). The van der Waals surface area contributed by atoms with Crippen LogP contribution in [0.2, 0.25) is 0 Å². The minimum Gasteiger partial charge on any atom is -0.495 e. The summed E-state index contributed by atoms with van der Waals surface area (Å²) in [7, 11) is -2.65. The van der Waals surface area contributed by atoms with Gasteiger partial charge in [-0.05, 0) is 73.7 Å². The van der Waals surface area contributed by atoms with E-state index in [4.69, 9.17) is 4.74 Å². The van der Waals surface area contributed by atoms with Crippen molar-refractivity contribution in [3.8, 4) is 5.75 Å². The summed E-state index contributed by atoms with van der Waals surface area (Å²) in [5.41, 5.74) is 4.13. The molecule has 0 aliphatic heterocycles. The average Bonchev–Trinajstić information content (AvgIpc) is 2.77. The lowest BCUT2D eigenvalue weighted by Gasteiger charge is -2.26. The average molecular weight is 467 g/mol. The first-order valence-corrected chi connectivity index (χ1v) is 12.2. The highest BCUT2D eigenvalue weighted by molar-refractivity contribution is 7.93. The molecule has 3 aromatic rings. The number of hydrogen-bond acceptors (Lipinski definition) is 4. The van der Waals surface area contributed by atoms with Crippen molar-refractivity contribution in [2.24, 2.45) is 0 Å². The lowest BCUT2D eigenvalue weighted by Crippen LogP contribution is -2.41. The molecule has 0 atom stereocenters. The number of amides is 1. The second-order valence-electron chi connectivity index (χ2n) is 8.10. The first-order valence-electron chi connectivity index (χ1n) is 10.8. The third-order valence-electron chi connectivity index (χ3n) is 5.25. The van der Waals surface area contributed by atoms with Gasteiger partial charge in [0.25, 0.3) is 10.0 Å². The summed E-state index contributed by atoms with van der Waals surface area (Å²) in [5, 5.41) is 2.85. The van der Waals surface area contributed by atoms with Crippen LogP contribution in [-0.4, -0.2) is 34.5 Å². The molecule has 0 unspecified atom stereocenters. The Kier molecular flexibility index (Phi) is 7.76. The van der Waals surface area contributed by atoms with E-state index >= 15 is 0 Å². The SMILES string of the molecule is COc1ccc(C)cc1S(=O)(=O)N(CC(=O)NCCc1ccccc1)c1cc(C)cc(C)c1. The van der Waals surface area contributed by atoms with Crippen LogP contribution in [0.4, 0.5) is 5.69 Å². The molecule has 6 nitrogen and oxygen atoms in total. The van der Waals surface area contributed by atoms with Crippen LogP contribution in [0.5, 0.6) is 5.75 Å². The number of carbonyl (C=O) groups excluding carboxylic acids is 1. The molecule has 0 heterocycles. The number of ether oxygens (including phenoxy) is 1. The van der Waals surface area contributed by atoms with Crippen molar-refractivity contribution in [3.05, 3.63) is 89.0 Å². The number of nitrogens with zero attached hydrogens (tertiary/aromatic N) is 1. The van der Waals surface area contributed by atoms with Gasteiger partial charge in [-0.15, -0.1) is 0 Å². The Bertz CT molecular complexity index is 1200. The van der Waals surface area contributed by atoms with E-state index in [0.717, 1.165) is 26.6 Å². The van der Waals surface area contributed by atoms with Gasteiger partial charge in [0.1, 0.15) is 17.2 Å². The van der Waals surface area contributed by atoms with E-state index in [0.29, 0.717) is 18.7 Å². The monoisotopic (exact) mass is 466 g/mol. The molecule has 0 aromatic heterocycles. The van der Waals surface area contributed by atoms with Crippen LogP contribution in [0, 0.1) is 20.8 Å². The van der Waals surface area contributed by atoms with Gasteiger partial charge < -0.3 is 10.1 Å². The van der Waals surface area contributed by atoms with Gasteiger partial charge in [-0.1, -0.05) is 42.5 Å². The summed E-state index contributed by atoms with van der Waals surface area (Å²) in [6.45, 7) is 5.69. The smallest absolute Gasteiger partial charge is 0.268 e. The topological polar surface area (TPSA) is 75.7 Å². The van der Waals surface area contributed by atoms with Crippen molar-refractivity contribution < 1.29 is 17.9 Å². The zero-order valence-electron chi connectivity index (χ0n) is 19.5. The molecular weight excluding hydrogens is 436 g/mol. The molecule has 0 bridgehead atoms. The molecule has 7 heteroatoms. The van der Waals surface area contributed by atoms with Crippen molar-refractivity contribution in [2.75, 3.05) is 24.5 Å². The first-order chi connectivity index (χ1) is 15.7. The Balaban J connectivity index is 1.91. The van der Waals surface area contributed by atoms with Crippen molar-refractivity contribution in [3.63, 3.8) is 0 Å². The first kappa shape index (κ1) is 24.3. The number of methoxy groups -OCH3 is 1. The maximum atomic E-state index is 13.8. The highest BCUT2D eigenvalue weighted by Crippen LogP contribution is 2.31. The summed E-state index contributed by atoms with van der Waals surface area (Å²) >= 11 is 0. The Morgan fingerprint density at radius 2 is 1.58 bits per heavy atom. The van der Waals surface area contributed by atoms with E-state index in [-0.39, 0.29) is 23.1 Å². The summed E-state index contributed by atoms with van der Waals surface area (Å²) in [6.07, 6.45) is 0.661. The van der Waals surface area contributed by atoms with Crippen LogP contribution in [0.1, 0.15) is 22.3 Å². The number of aryl methyl sites for hydroxylation is 3. The summed E-state index contributed by atoms with van der Waals surface area (Å²) < 4.78 is 34.1. The van der Waals surface area contributed by atoms with E-state index in [2.05, 4.69) is 5.32 Å². The largest absolute Gasteiger partial charge is 0.495 e. The number of sulfonamides is 1. The minimum absolute atomic E-state index is 0.0289. The second-order valence-corrected chi connectivity index (χ2v) is 9.93. The molecule has 0 aliphatic carbocycles. The normalized spacial score (nSPS) is 11.2. The van der Waals surface area contributed by atoms with Crippen LogP contribution in [0.3, 0.4) is 0 Å². The molecule has 0 saturated heterocycles. The Morgan fingerprint density at radius 3 is 2.21 bits per heavy atom. The molecule has 0 aliphatic rings. The fraction of sp³-hybridized carbons (Fsp3) is 0.269. The molecule has 0 saturated carbocycles. The summed E-state index contributed by atoms with van der Waals surface area (Å²) in [5.74, 6) is -0.139. The molecule has 1 N–H and O–H groups in total. The maximum Gasteiger partial charge on any atom is 0.268 e. The fourth-order valence-electron chi connectivity index (χ4n) is 3.69. The quantitative estimate of drug-likeness (QED) is 0.513. The van der Waals surface area contributed by atoms with Crippen LogP contribution < -0.4 is 14.4 Å². The lowest BCUT2D eigenvalue weighted by atomic mass is 10.1. The zero-order valence-corrected chi connectivity index (χ0v) is 20.3.